The zero-order valence-corrected chi connectivity index (χ0v) is 10.6. The molecule has 0 saturated heterocycles. The summed E-state index contributed by atoms with van der Waals surface area (Å²) in [5, 5.41) is 2.93. The van der Waals surface area contributed by atoms with Crippen molar-refractivity contribution in [2.45, 2.75) is 6.18 Å². The largest absolute Gasteiger partial charge is 0.416 e. The van der Waals surface area contributed by atoms with Crippen molar-refractivity contribution < 1.29 is 13.2 Å². The molecular weight excluding hydrogens is 309 g/mol. The molecule has 0 bridgehead atoms. The monoisotopic (exact) mass is 316 g/mol. The van der Waals surface area contributed by atoms with Gasteiger partial charge in [-0.05, 0) is 52.3 Å². The average Bonchev–Trinajstić information content (AvgIpc) is 2.32. The number of halogens is 4. The van der Waals surface area contributed by atoms with Gasteiger partial charge in [0.05, 0.1) is 10.0 Å². The molecule has 0 amide bonds. The standard InChI is InChI=1S/C12H8BrF3N2/c13-10-2-1-7-17-11(10)18-9-5-3-8(4-6-9)12(14,15)16/h1-7H,(H,17,18). The number of nitrogens with zero attached hydrogens (tertiary/aromatic N) is 1. The Hall–Kier alpha value is -1.56. The normalized spacial score (nSPS) is 11.3. The first-order valence-corrected chi connectivity index (χ1v) is 5.81. The maximum atomic E-state index is 12.4. The lowest BCUT2D eigenvalue weighted by molar-refractivity contribution is -0.137. The molecular formula is C12H8BrF3N2. The van der Waals surface area contributed by atoms with E-state index in [1.165, 1.54) is 12.1 Å². The zero-order chi connectivity index (χ0) is 13.2. The quantitative estimate of drug-likeness (QED) is 0.875. The van der Waals surface area contributed by atoms with Crippen LogP contribution >= 0.6 is 15.9 Å². The fraction of sp³-hybridized carbons (Fsp3) is 0.0833. The lowest BCUT2D eigenvalue weighted by atomic mass is 10.2. The van der Waals surface area contributed by atoms with Crippen LogP contribution in [0.25, 0.3) is 0 Å². The molecule has 1 heterocycles. The molecule has 0 radical (unpaired) electrons. The topological polar surface area (TPSA) is 24.9 Å². The number of aromatic nitrogens is 1. The first-order valence-electron chi connectivity index (χ1n) is 5.01. The van der Waals surface area contributed by atoms with Crippen LogP contribution in [0, 0.1) is 0 Å². The molecule has 2 aromatic rings. The third kappa shape index (κ3) is 3.01. The number of anilines is 2. The highest BCUT2D eigenvalue weighted by molar-refractivity contribution is 9.10. The van der Waals surface area contributed by atoms with Crippen LogP contribution < -0.4 is 5.32 Å². The van der Waals surface area contributed by atoms with E-state index < -0.39 is 11.7 Å². The van der Waals surface area contributed by atoms with Crippen LogP contribution in [0.15, 0.2) is 47.1 Å². The van der Waals surface area contributed by atoms with E-state index in [2.05, 4.69) is 26.2 Å². The molecule has 0 spiro atoms. The second kappa shape index (κ2) is 4.97. The molecule has 0 fully saturated rings. The van der Waals surface area contributed by atoms with Crippen LogP contribution in [0.4, 0.5) is 24.7 Å². The van der Waals surface area contributed by atoms with Gasteiger partial charge in [-0.2, -0.15) is 13.2 Å². The predicted molar refractivity (Wildman–Crippen MR) is 66.7 cm³/mol. The molecule has 1 aromatic heterocycles. The molecule has 0 aliphatic heterocycles. The lowest BCUT2D eigenvalue weighted by Gasteiger charge is -2.09. The van der Waals surface area contributed by atoms with E-state index in [1.807, 2.05) is 0 Å². The van der Waals surface area contributed by atoms with E-state index in [0.29, 0.717) is 11.5 Å². The molecule has 2 nitrogen and oxygen atoms in total. The molecule has 1 N–H and O–H groups in total. The number of alkyl halides is 3. The molecule has 0 aliphatic carbocycles. The van der Waals surface area contributed by atoms with Gasteiger partial charge in [0.2, 0.25) is 0 Å². The van der Waals surface area contributed by atoms with Crippen molar-refractivity contribution in [2.75, 3.05) is 5.32 Å². The maximum Gasteiger partial charge on any atom is 0.416 e. The van der Waals surface area contributed by atoms with Gasteiger partial charge in [0, 0.05) is 11.9 Å². The molecule has 18 heavy (non-hydrogen) atoms. The number of benzene rings is 1. The number of pyridine rings is 1. The summed E-state index contributed by atoms with van der Waals surface area (Å²) < 4.78 is 37.9. The molecule has 0 aliphatic rings. The van der Waals surface area contributed by atoms with Gasteiger partial charge in [-0.3, -0.25) is 0 Å². The Morgan fingerprint density at radius 3 is 2.28 bits per heavy atom. The summed E-state index contributed by atoms with van der Waals surface area (Å²) in [5.41, 5.74) is -0.129. The Kier molecular flexibility index (Phi) is 3.56. The minimum Gasteiger partial charge on any atom is -0.339 e. The van der Waals surface area contributed by atoms with Crippen LogP contribution in [-0.2, 0) is 6.18 Å². The fourth-order valence-electron chi connectivity index (χ4n) is 1.36. The number of nitrogens with one attached hydrogen (secondary N) is 1. The van der Waals surface area contributed by atoms with Gasteiger partial charge >= 0.3 is 6.18 Å². The molecule has 0 atom stereocenters. The summed E-state index contributed by atoms with van der Waals surface area (Å²) in [6, 6.07) is 8.33. The van der Waals surface area contributed by atoms with Gasteiger partial charge in [-0.1, -0.05) is 0 Å². The number of hydrogen-bond acceptors (Lipinski definition) is 2. The molecule has 6 heteroatoms. The average molecular weight is 317 g/mol. The van der Waals surface area contributed by atoms with E-state index in [0.717, 1.165) is 16.6 Å². The number of hydrogen-bond donors (Lipinski definition) is 1. The first-order chi connectivity index (χ1) is 8.47. The van der Waals surface area contributed by atoms with Gasteiger partial charge in [-0.25, -0.2) is 4.98 Å². The Bertz CT molecular complexity index is 538. The van der Waals surface area contributed by atoms with Crippen molar-refractivity contribution in [3.63, 3.8) is 0 Å². The van der Waals surface area contributed by atoms with Crippen LogP contribution in [0.5, 0.6) is 0 Å². The second-order valence-corrected chi connectivity index (χ2v) is 4.39. The van der Waals surface area contributed by atoms with Crippen LogP contribution in [0.3, 0.4) is 0 Å². The van der Waals surface area contributed by atoms with Gasteiger partial charge in [0.1, 0.15) is 5.82 Å². The summed E-state index contributed by atoms with van der Waals surface area (Å²) in [7, 11) is 0. The maximum absolute atomic E-state index is 12.4. The summed E-state index contributed by atoms with van der Waals surface area (Å²) in [6.45, 7) is 0. The Labute approximate surface area is 110 Å². The van der Waals surface area contributed by atoms with Gasteiger partial charge in [-0.15, -0.1) is 0 Å². The Morgan fingerprint density at radius 1 is 1.06 bits per heavy atom. The molecule has 94 valence electrons. The van der Waals surface area contributed by atoms with Crippen molar-refractivity contribution in [1.82, 2.24) is 4.98 Å². The smallest absolute Gasteiger partial charge is 0.339 e. The summed E-state index contributed by atoms with van der Waals surface area (Å²) >= 11 is 3.29. The van der Waals surface area contributed by atoms with Crippen LogP contribution in [0.1, 0.15) is 5.56 Å². The van der Waals surface area contributed by atoms with E-state index in [1.54, 1.807) is 18.3 Å². The van der Waals surface area contributed by atoms with Crippen LogP contribution in [-0.4, -0.2) is 4.98 Å². The first kappa shape index (κ1) is 12.9. The lowest BCUT2D eigenvalue weighted by Crippen LogP contribution is -2.04. The zero-order valence-electron chi connectivity index (χ0n) is 9.00. The highest BCUT2D eigenvalue weighted by atomic mass is 79.9. The van der Waals surface area contributed by atoms with Crippen molar-refractivity contribution in [3.8, 4) is 0 Å². The number of rotatable bonds is 2. The van der Waals surface area contributed by atoms with E-state index in [9.17, 15) is 13.2 Å². The van der Waals surface area contributed by atoms with Gasteiger partial charge in [0.25, 0.3) is 0 Å². The third-order valence-electron chi connectivity index (χ3n) is 2.23. The highest BCUT2D eigenvalue weighted by Gasteiger charge is 2.29. The SMILES string of the molecule is FC(F)(F)c1ccc(Nc2ncccc2Br)cc1. The predicted octanol–water partition coefficient (Wildman–Crippen LogP) is 4.61. The van der Waals surface area contributed by atoms with Gasteiger partial charge < -0.3 is 5.32 Å². The highest BCUT2D eigenvalue weighted by Crippen LogP contribution is 2.30. The minimum atomic E-state index is -4.32. The van der Waals surface area contributed by atoms with Crippen molar-refractivity contribution >= 4 is 27.4 Å². The van der Waals surface area contributed by atoms with Crippen LogP contribution in [0.2, 0.25) is 0 Å². The molecule has 0 unspecified atom stereocenters. The fourth-order valence-corrected chi connectivity index (χ4v) is 1.71. The van der Waals surface area contributed by atoms with E-state index >= 15 is 0 Å². The summed E-state index contributed by atoms with van der Waals surface area (Å²) in [4.78, 5) is 4.06. The van der Waals surface area contributed by atoms with Gasteiger partial charge in [0.15, 0.2) is 0 Å². The second-order valence-electron chi connectivity index (χ2n) is 3.53. The van der Waals surface area contributed by atoms with Crippen molar-refractivity contribution in [2.24, 2.45) is 0 Å². The summed E-state index contributed by atoms with van der Waals surface area (Å²) in [5.74, 6) is 0.553. The van der Waals surface area contributed by atoms with E-state index in [4.69, 9.17) is 0 Å². The third-order valence-corrected chi connectivity index (χ3v) is 2.87. The Balaban J connectivity index is 2.19. The minimum absolute atomic E-state index is 0.544. The molecule has 0 saturated carbocycles. The van der Waals surface area contributed by atoms with Crippen molar-refractivity contribution in [1.29, 1.82) is 0 Å². The van der Waals surface area contributed by atoms with Crippen molar-refractivity contribution in [3.05, 3.63) is 52.6 Å². The van der Waals surface area contributed by atoms with E-state index in [-0.39, 0.29) is 0 Å². The molecule has 2 rings (SSSR count). The molecule has 1 aromatic carbocycles. The summed E-state index contributed by atoms with van der Waals surface area (Å²) in [6.07, 6.45) is -2.72. The Morgan fingerprint density at radius 2 is 1.72 bits per heavy atom.